The number of hydrogen-bond acceptors (Lipinski definition) is 2. The zero-order chi connectivity index (χ0) is 10.1. The Kier molecular flexibility index (Phi) is 1.85. The Labute approximate surface area is 80.8 Å². The molecule has 0 atom stereocenters. The third-order valence-corrected chi connectivity index (χ3v) is 2.11. The van der Waals surface area contributed by atoms with Crippen LogP contribution in [0.3, 0.4) is 0 Å². The van der Waals surface area contributed by atoms with E-state index in [1.807, 2.05) is 18.2 Å². The lowest BCUT2D eigenvalue weighted by molar-refractivity contribution is 0.0699. The molecule has 0 amide bonds. The Hall–Kier alpha value is -2.03. The first kappa shape index (κ1) is 8.56. The molecule has 2 rings (SSSR count). The quantitative estimate of drug-likeness (QED) is 0.672. The number of carboxylic acids is 1. The Morgan fingerprint density at radius 2 is 1.93 bits per heavy atom. The van der Waals surface area contributed by atoms with Gasteiger partial charge in [-0.2, -0.15) is 0 Å². The van der Waals surface area contributed by atoms with E-state index < -0.39 is 5.97 Å². The molecule has 2 aromatic carbocycles. The molecule has 0 bridgehead atoms. The number of carbonyl (C=O) groups is 1. The van der Waals surface area contributed by atoms with Gasteiger partial charge in [0.25, 0.3) is 0 Å². The van der Waals surface area contributed by atoms with Crippen LogP contribution in [0.15, 0.2) is 36.4 Å². The summed E-state index contributed by atoms with van der Waals surface area (Å²) in [5, 5.41) is 10.5. The highest BCUT2D eigenvalue weighted by Crippen LogP contribution is 2.22. The lowest BCUT2D eigenvalue weighted by Crippen LogP contribution is -1.99. The van der Waals surface area contributed by atoms with Crippen molar-refractivity contribution in [2.75, 3.05) is 5.73 Å². The monoisotopic (exact) mass is 187 g/mol. The van der Waals surface area contributed by atoms with Gasteiger partial charge < -0.3 is 10.8 Å². The molecule has 0 saturated heterocycles. The Morgan fingerprint density at radius 3 is 2.64 bits per heavy atom. The fourth-order valence-corrected chi connectivity index (χ4v) is 1.51. The largest absolute Gasteiger partial charge is 0.478 e. The van der Waals surface area contributed by atoms with E-state index in [1.54, 1.807) is 12.1 Å². The van der Waals surface area contributed by atoms with Crippen LogP contribution >= 0.6 is 0 Å². The van der Waals surface area contributed by atoms with Gasteiger partial charge in [-0.25, -0.2) is 4.79 Å². The molecular weight excluding hydrogens is 178 g/mol. The molecule has 0 radical (unpaired) electrons. The minimum Gasteiger partial charge on any atom is -0.478 e. The first-order valence-corrected chi connectivity index (χ1v) is 4.20. The summed E-state index contributed by atoms with van der Waals surface area (Å²) >= 11 is 0. The number of benzene rings is 2. The van der Waals surface area contributed by atoms with E-state index in [9.17, 15) is 4.79 Å². The van der Waals surface area contributed by atoms with Crippen molar-refractivity contribution in [3.8, 4) is 0 Å². The normalized spacial score (nSPS) is 10.3. The molecule has 0 spiro atoms. The van der Waals surface area contributed by atoms with Crippen molar-refractivity contribution in [1.82, 2.24) is 0 Å². The van der Waals surface area contributed by atoms with E-state index in [-0.39, 0.29) is 5.56 Å². The molecule has 0 aliphatic rings. The van der Waals surface area contributed by atoms with E-state index in [0.29, 0.717) is 11.1 Å². The van der Waals surface area contributed by atoms with Gasteiger partial charge in [-0.3, -0.25) is 0 Å². The standard InChI is InChI=1S/C11H9NO2/c12-8-5-7-3-1-2-4-9(7)10(6-8)11(13)14/h1-6H,12H2,(H,13,14). The number of aromatic carboxylic acids is 1. The summed E-state index contributed by atoms with van der Waals surface area (Å²) in [5.74, 6) is -0.950. The van der Waals surface area contributed by atoms with Gasteiger partial charge in [-0.15, -0.1) is 0 Å². The molecule has 3 nitrogen and oxygen atoms in total. The van der Waals surface area contributed by atoms with Crippen molar-refractivity contribution < 1.29 is 9.90 Å². The second-order valence-corrected chi connectivity index (χ2v) is 3.09. The van der Waals surface area contributed by atoms with Crippen molar-refractivity contribution in [2.24, 2.45) is 0 Å². The smallest absolute Gasteiger partial charge is 0.336 e. The van der Waals surface area contributed by atoms with Crippen LogP contribution in [0, 0.1) is 0 Å². The SMILES string of the molecule is Nc1cc(C(=O)O)c2ccccc2c1. The number of nitrogen functional groups attached to an aromatic ring is 1. The number of anilines is 1. The Bertz CT molecular complexity index is 506. The molecule has 14 heavy (non-hydrogen) atoms. The molecule has 3 N–H and O–H groups in total. The summed E-state index contributed by atoms with van der Waals surface area (Å²) < 4.78 is 0. The lowest BCUT2D eigenvalue weighted by Gasteiger charge is -2.03. The summed E-state index contributed by atoms with van der Waals surface area (Å²) in [4.78, 5) is 10.9. The van der Waals surface area contributed by atoms with Crippen LogP contribution in [0.5, 0.6) is 0 Å². The van der Waals surface area contributed by atoms with Crippen LogP contribution in [0.25, 0.3) is 10.8 Å². The predicted octanol–water partition coefficient (Wildman–Crippen LogP) is 2.12. The van der Waals surface area contributed by atoms with Gasteiger partial charge in [0.2, 0.25) is 0 Å². The minimum atomic E-state index is -0.950. The van der Waals surface area contributed by atoms with E-state index in [2.05, 4.69) is 0 Å². The van der Waals surface area contributed by atoms with E-state index in [0.717, 1.165) is 5.39 Å². The summed E-state index contributed by atoms with van der Waals surface area (Å²) in [6.07, 6.45) is 0. The molecule has 0 aromatic heterocycles. The average molecular weight is 187 g/mol. The summed E-state index contributed by atoms with van der Waals surface area (Å²) in [5.41, 5.74) is 6.32. The molecule has 2 aromatic rings. The van der Waals surface area contributed by atoms with Gasteiger partial charge in [0.1, 0.15) is 0 Å². The van der Waals surface area contributed by atoms with Crippen molar-refractivity contribution in [3.05, 3.63) is 42.0 Å². The van der Waals surface area contributed by atoms with Crippen LogP contribution in [0.1, 0.15) is 10.4 Å². The minimum absolute atomic E-state index is 0.251. The van der Waals surface area contributed by atoms with Gasteiger partial charge in [0.15, 0.2) is 0 Å². The highest BCUT2D eigenvalue weighted by Gasteiger charge is 2.08. The van der Waals surface area contributed by atoms with Crippen LogP contribution in [0.4, 0.5) is 5.69 Å². The Balaban J connectivity index is 2.87. The highest BCUT2D eigenvalue weighted by atomic mass is 16.4. The number of rotatable bonds is 1. The highest BCUT2D eigenvalue weighted by molar-refractivity contribution is 6.05. The second-order valence-electron chi connectivity index (χ2n) is 3.09. The van der Waals surface area contributed by atoms with E-state index >= 15 is 0 Å². The number of hydrogen-bond donors (Lipinski definition) is 2. The number of nitrogens with two attached hydrogens (primary N) is 1. The van der Waals surface area contributed by atoms with Gasteiger partial charge >= 0.3 is 5.97 Å². The number of carboxylic acid groups (broad SMARTS) is 1. The molecule has 0 aliphatic heterocycles. The van der Waals surface area contributed by atoms with Crippen LogP contribution in [-0.4, -0.2) is 11.1 Å². The molecule has 0 fully saturated rings. The molecule has 0 unspecified atom stereocenters. The van der Waals surface area contributed by atoms with E-state index in [1.165, 1.54) is 6.07 Å². The third kappa shape index (κ3) is 1.29. The summed E-state index contributed by atoms with van der Waals surface area (Å²) in [7, 11) is 0. The van der Waals surface area contributed by atoms with Gasteiger partial charge in [-0.1, -0.05) is 24.3 Å². The first-order valence-electron chi connectivity index (χ1n) is 4.20. The zero-order valence-electron chi connectivity index (χ0n) is 7.40. The second kappa shape index (κ2) is 3.03. The summed E-state index contributed by atoms with van der Waals surface area (Å²) in [6.45, 7) is 0. The average Bonchev–Trinajstić information content (AvgIpc) is 2.16. The van der Waals surface area contributed by atoms with Crippen molar-refractivity contribution in [3.63, 3.8) is 0 Å². The zero-order valence-corrected chi connectivity index (χ0v) is 7.40. The molecule has 0 saturated carbocycles. The van der Waals surface area contributed by atoms with E-state index in [4.69, 9.17) is 10.8 Å². The Morgan fingerprint density at radius 1 is 1.21 bits per heavy atom. The van der Waals surface area contributed by atoms with Gasteiger partial charge in [0.05, 0.1) is 5.56 Å². The molecule has 3 heteroatoms. The molecule has 0 aliphatic carbocycles. The fourth-order valence-electron chi connectivity index (χ4n) is 1.51. The van der Waals surface area contributed by atoms with Crippen molar-refractivity contribution in [1.29, 1.82) is 0 Å². The third-order valence-electron chi connectivity index (χ3n) is 2.11. The van der Waals surface area contributed by atoms with Gasteiger partial charge in [0, 0.05) is 5.69 Å². The van der Waals surface area contributed by atoms with Crippen LogP contribution < -0.4 is 5.73 Å². The predicted molar refractivity (Wildman–Crippen MR) is 55.3 cm³/mol. The fraction of sp³-hybridized carbons (Fsp3) is 0. The maximum Gasteiger partial charge on any atom is 0.336 e. The van der Waals surface area contributed by atoms with Crippen LogP contribution in [0.2, 0.25) is 0 Å². The van der Waals surface area contributed by atoms with Crippen molar-refractivity contribution in [2.45, 2.75) is 0 Å². The van der Waals surface area contributed by atoms with Crippen LogP contribution in [-0.2, 0) is 0 Å². The lowest BCUT2D eigenvalue weighted by atomic mass is 10.0. The molecular formula is C11H9NO2. The maximum absolute atomic E-state index is 10.9. The summed E-state index contributed by atoms with van der Waals surface area (Å²) in [6, 6.07) is 10.5. The van der Waals surface area contributed by atoms with Gasteiger partial charge in [-0.05, 0) is 22.9 Å². The maximum atomic E-state index is 10.9. The number of fused-ring (bicyclic) bond motifs is 1. The first-order chi connectivity index (χ1) is 6.68. The van der Waals surface area contributed by atoms with Crippen molar-refractivity contribution >= 4 is 22.4 Å². The topological polar surface area (TPSA) is 63.3 Å². The molecule has 70 valence electrons. The molecule has 0 heterocycles.